The number of carbonyl (C=O) groups is 1. The van der Waals surface area contributed by atoms with E-state index in [9.17, 15) is 4.79 Å². The molecule has 5 heteroatoms. The van der Waals surface area contributed by atoms with Gasteiger partial charge >= 0.3 is 0 Å². The molecule has 0 atom stereocenters. The van der Waals surface area contributed by atoms with Crippen molar-refractivity contribution >= 4 is 21.8 Å². The molecule has 0 aliphatic heterocycles. The summed E-state index contributed by atoms with van der Waals surface area (Å²) >= 11 is 3.47. The zero-order valence-corrected chi connectivity index (χ0v) is 14.7. The Morgan fingerprint density at radius 3 is 2.67 bits per heavy atom. The highest BCUT2D eigenvalue weighted by atomic mass is 79.9. The molecule has 0 heterocycles. The maximum Gasteiger partial charge on any atom is 0.257 e. The summed E-state index contributed by atoms with van der Waals surface area (Å²) in [5, 5.41) is 2.80. The lowest BCUT2D eigenvalue weighted by Crippen LogP contribution is -2.30. The number of nitrogens with one attached hydrogen (secondary N) is 1. The Bertz CT molecular complexity index is 469. The average molecular weight is 358 g/mol. The first-order valence-electron chi connectivity index (χ1n) is 7.03. The van der Waals surface area contributed by atoms with Gasteiger partial charge in [0, 0.05) is 30.3 Å². The van der Waals surface area contributed by atoms with Crippen molar-refractivity contribution in [2.45, 2.75) is 32.6 Å². The number of benzene rings is 1. The third kappa shape index (κ3) is 6.48. The van der Waals surface area contributed by atoms with Gasteiger partial charge in [0.15, 0.2) is 6.61 Å². The molecule has 0 saturated heterocycles. The maximum absolute atomic E-state index is 11.7. The molecule has 1 amide bonds. The Labute approximate surface area is 135 Å². The minimum absolute atomic E-state index is 0.0255. The van der Waals surface area contributed by atoms with Crippen LogP contribution >= 0.6 is 15.9 Å². The van der Waals surface area contributed by atoms with Crippen molar-refractivity contribution in [2.24, 2.45) is 0 Å². The number of halogens is 1. The van der Waals surface area contributed by atoms with Gasteiger partial charge in [-0.3, -0.25) is 4.79 Å². The fourth-order valence-corrected chi connectivity index (χ4v) is 2.21. The van der Waals surface area contributed by atoms with Gasteiger partial charge in [-0.25, -0.2) is 0 Å². The van der Waals surface area contributed by atoms with E-state index in [1.54, 1.807) is 7.11 Å². The molecular weight excluding hydrogens is 334 g/mol. The van der Waals surface area contributed by atoms with E-state index in [4.69, 9.17) is 9.47 Å². The van der Waals surface area contributed by atoms with E-state index in [1.165, 1.54) is 0 Å². The predicted octanol–water partition coefficient (Wildman–Crippen LogP) is 3.28. The summed E-state index contributed by atoms with van der Waals surface area (Å²) in [4.78, 5) is 11.7. The number of methoxy groups -OCH3 is 1. The van der Waals surface area contributed by atoms with Crippen LogP contribution in [0.15, 0.2) is 22.7 Å². The molecule has 1 aromatic carbocycles. The van der Waals surface area contributed by atoms with E-state index >= 15 is 0 Å². The minimum atomic E-state index is -0.117. The second-order valence-corrected chi connectivity index (χ2v) is 6.79. The van der Waals surface area contributed by atoms with Crippen molar-refractivity contribution in [2.75, 3.05) is 26.9 Å². The molecule has 0 fully saturated rings. The molecule has 0 saturated carbocycles. The van der Waals surface area contributed by atoms with Crippen molar-refractivity contribution in [1.29, 1.82) is 0 Å². The molecule has 0 aliphatic carbocycles. The zero-order valence-electron chi connectivity index (χ0n) is 13.2. The largest absolute Gasteiger partial charge is 0.483 e. The van der Waals surface area contributed by atoms with Crippen molar-refractivity contribution < 1.29 is 14.3 Å². The molecule has 21 heavy (non-hydrogen) atoms. The van der Waals surface area contributed by atoms with Crippen molar-refractivity contribution in [3.8, 4) is 5.75 Å². The van der Waals surface area contributed by atoms with Crippen LogP contribution in [-0.2, 0) is 14.9 Å². The van der Waals surface area contributed by atoms with Gasteiger partial charge in [-0.1, -0.05) is 36.7 Å². The molecule has 1 aromatic rings. The smallest absolute Gasteiger partial charge is 0.257 e. The van der Waals surface area contributed by atoms with Crippen LogP contribution in [0.3, 0.4) is 0 Å². The minimum Gasteiger partial charge on any atom is -0.483 e. The Morgan fingerprint density at radius 1 is 1.33 bits per heavy atom. The van der Waals surface area contributed by atoms with Gasteiger partial charge in [0.2, 0.25) is 0 Å². The van der Waals surface area contributed by atoms with E-state index in [2.05, 4.69) is 42.0 Å². The molecule has 0 bridgehead atoms. The zero-order chi connectivity index (χ0) is 15.9. The summed E-state index contributed by atoms with van der Waals surface area (Å²) in [7, 11) is 1.65. The van der Waals surface area contributed by atoms with Gasteiger partial charge in [-0.05, 0) is 30.0 Å². The van der Waals surface area contributed by atoms with Crippen LogP contribution in [0.5, 0.6) is 5.75 Å². The number of amides is 1. The lowest BCUT2D eigenvalue weighted by molar-refractivity contribution is -0.123. The van der Waals surface area contributed by atoms with Crippen LogP contribution in [0.4, 0.5) is 0 Å². The number of hydrogen-bond acceptors (Lipinski definition) is 3. The second kappa shape index (κ2) is 8.39. The molecule has 1 rings (SSSR count). The van der Waals surface area contributed by atoms with E-state index in [0.29, 0.717) is 13.2 Å². The van der Waals surface area contributed by atoms with E-state index < -0.39 is 0 Å². The van der Waals surface area contributed by atoms with Crippen LogP contribution < -0.4 is 10.1 Å². The first-order chi connectivity index (χ1) is 9.84. The lowest BCUT2D eigenvalue weighted by atomic mass is 9.86. The third-order valence-corrected chi connectivity index (χ3v) is 3.45. The number of ether oxygens (including phenoxy) is 2. The van der Waals surface area contributed by atoms with E-state index in [1.807, 2.05) is 18.2 Å². The Kier molecular flexibility index (Phi) is 7.18. The number of carbonyl (C=O) groups excluding carboxylic acids is 1. The topological polar surface area (TPSA) is 47.6 Å². The van der Waals surface area contributed by atoms with Crippen LogP contribution in [0, 0.1) is 0 Å². The van der Waals surface area contributed by atoms with Gasteiger partial charge in [-0.15, -0.1) is 0 Å². The van der Waals surface area contributed by atoms with Crippen LogP contribution in [0.25, 0.3) is 0 Å². The standard InChI is InChI=1S/C16H24BrNO3/c1-16(2,3)13-10-12(17)6-7-14(13)21-11-15(19)18-8-5-9-20-4/h6-7,10H,5,8-9,11H2,1-4H3,(H,18,19). The third-order valence-electron chi connectivity index (χ3n) is 2.96. The van der Waals surface area contributed by atoms with Crippen LogP contribution in [-0.4, -0.2) is 32.8 Å². The first kappa shape index (κ1) is 18.0. The average Bonchev–Trinajstić information content (AvgIpc) is 2.41. The van der Waals surface area contributed by atoms with Gasteiger partial charge in [0.25, 0.3) is 5.91 Å². The molecule has 0 unspecified atom stereocenters. The van der Waals surface area contributed by atoms with Gasteiger partial charge in [0.05, 0.1) is 0 Å². The van der Waals surface area contributed by atoms with Gasteiger partial charge < -0.3 is 14.8 Å². The molecule has 0 aromatic heterocycles. The molecule has 0 radical (unpaired) electrons. The SMILES string of the molecule is COCCCNC(=O)COc1ccc(Br)cc1C(C)(C)C. The van der Waals surface area contributed by atoms with Crippen molar-refractivity contribution in [1.82, 2.24) is 5.32 Å². The summed E-state index contributed by atoms with van der Waals surface area (Å²) in [6.07, 6.45) is 0.799. The normalized spacial score (nSPS) is 11.3. The predicted molar refractivity (Wildman–Crippen MR) is 87.8 cm³/mol. The summed E-state index contributed by atoms with van der Waals surface area (Å²) in [5.74, 6) is 0.631. The van der Waals surface area contributed by atoms with Crippen molar-refractivity contribution in [3.63, 3.8) is 0 Å². The number of hydrogen-bond donors (Lipinski definition) is 1. The van der Waals surface area contributed by atoms with Crippen molar-refractivity contribution in [3.05, 3.63) is 28.2 Å². The first-order valence-corrected chi connectivity index (χ1v) is 7.82. The molecule has 0 spiro atoms. The fraction of sp³-hybridized carbons (Fsp3) is 0.562. The Morgan fingerprint density at radius 2 is 2.05 bits per heavy atom. The summed E-state index contributed by atoms with van der Waals surface area (Å²) in [6.45, 7) is 7.62. The highest BCUT2D eigenvalue weighted by Gasteiger charge is 2.19. The quantitative estimate of drug-likeness (QED) is 0.761. The Balaban J connectivity index is 2.57. The van der Waals surface area contributed by atoms with Gasteiger partial charge in [0.1, 0.15) is 5.75 Å². The number of rotatable bonds is 7. The molecule has 4 nitrogen and oxygen atoms in total. The molecular formula is C16H24BrNO3. The summed E-state index contributed by atoms with van der Waals surface area (Å²) < 4.78 is 11.6. The van der Waals surface area contributed by atoms with E-state index in [-0.39, 0.29) is 17.9 Å². The molecule has 1 N–H and O–H groups in total. The molecule has 118 valence electrons. The van der Waals surface area contributed by atoms with Gasteiger partial charge in [-0.2, -0.15) is 0 Å². The van der Waals surface area contributed by atoms with Crippen LogP contribution in [0.2, 0.25) is 0 Å². The van der Waals surface area contributed by atoms with Crippen LogP contribution in [0.1, 0.15) is 32.8 Å². The lowest BCUT2D eigenvalue weighted by Gasteiger charge is -2.23. The fourth-order valence-electron chi connectivity index (χ4n) is 1.85. The Hall–Kier alpha value is -1.07. The summed E-state index contributed by atoms with van der Waals surface area (Å²) in [6, 6.07) is 5.84. The maximum atomic E-state index is 11.7. The molecule has 0 aliphatic rings. The monoisotopic (exact) mass is 357 g/mol. The second-order valence-electron chi connectivity index (χ2n) is 5.88. The highest BCUT2D eigenvalue weighted by Crippen LogP contribution is 2.33. The van der Waals surface area contributed by atoms with E-state index in [0.717, 1.165) is 22.2 Å². The summed E-state index contributed by atoms with van der Waals surface area (Å²) in [5.41, 5.74) is 1.03. The highest BCUT2D eigenvalue weighted by molar-refractivity contribution is 9.10.